The van der Waals surface area contributed by atoms with E-state index in [1.807, 2.05) is 20.8 Å². The van der Waals surface area contributed by atoms with Gasteiger partial charge in [0.05, 0.1) is 12.1 Å². The third-order valence-electron chi connectivity index (χ3n) is 1.98. The van der Waals surface area contributed by atoms with Gasteiger partial charge >= 0.3 is 6.09 Å². The topological polar surface area (TPSA) is 41.9 Å². The van der Waals surface area contributed by atoms with Gasteiger partial charge in [0.25, 0.3) is 0 Å². The summed E-state index contributed by atoms with van der Waals surface area (Å²) in [7, 11) is 0. The van der Waals surface area contributed by atoms with Crippen molar-refractivity contribution in [2.24, 2.45) is 10.5 Å². The molecule has 0 saturated heterocycles. The Hall–Kier alpha value is -1.06. The number of hydrazone groups is 1. The maximum Gasteiger partial charge on any atom is 0.430 e. The molecular formula is C13H26N2O2. The molecule has 0 saturated carbocycles. The Balaban J connectivity index is 4.68. The second-order valence-electron chi connectivity index (χ2n) is 6.24. The first kappa shape index (κ1) is 15.9. The zero-order valence-corrected chi connectivity index (χ0v) is 12.2. The molecule has 0 rings (SSSR count). The van der Waals surface area contributed by atoms with E-state index in [1.165, 1.54) is 5.01 Å². The summed E-state index contributed by atoms with van der Waals surface area (Å²) >= 11 is 0. The summed E-state index contributed by atoms with van der Waals surface area (Å²) in [5, 5.41) is 5.62. The number of carbonyl (C=O) groups is 1. The number of carbonyl (C=O) groups excluding carboxylic acids is 1. The summed E-state index contributed by atoms with van der Waals surface area (Å²) in [6, 6.07) is 0. The third kappa shape index (κ3) is 6.97. The summed E-state index contributed by atoms with van der Waals surface area (Å²) in [6.45, 7) is 14.3. The molecule has 0 aliphatic rings. The first-order valence-electron chi connectivity index (χ1n) is 6.07. The molecule has 0 radical (unpaired) electrons. The summed E-state index contributed by atoms with van der Waals surface area (Å²) in [6.07, 6.45) is 2.20. The van der Waals surface area contributed by atoms with Crippen molar-refractivity contribution >= 4 is 12.3 Å². The van der Waals surface area contributed by atoms with Crippen molar-refractivity contribution in [2.45, 2.75) is 60.4 Å². The molecule has 0 aromatic heterocycles. The highest BCUT2D eigenvalue weighted by molar-refractivity contribution is 5.70. The van der Waals surface area contributed by atoms with E-state index >= 15 is 0 Å². The van der Waals surface area contributed by atoms with Crippen molar-refractivity contribution in [1.29, 1.82) is 0 Å². The zero-order valence-electron chi connectivity index (χ0n) is 12.2. The normalized spacial score (nSPS) is 12.9. The molecule has 0 aliphatic carbocycles. The minimum absolute atomic E-state index is 0.168. The maximum absolute atomic E-state index is 11.7. The van der Waals surface area contributed by atoms with Crippen LogP contribution >= 0.6 is 0 Å². The van der Waals surface area contributed by atoms with Gasteiger partial charge in [-0.2, -0.15) is 10.1 Å². The van der Waals surface area contributed by atoms with Crippen molar-refractivity contribution < 1.29 is 9.53 Å². The molecule has 4 nitrogen and oxygen atoms in total. The molecule has 0 spiro atoms. The van der Waals surface area contributed by atoms with Gasteiger partial charge in [-0.3, -0.25) is 0 Å². The van der Waals surface area contributed by atoms with Gasteiger partial charge in [0.2, 0.25) is 0 Å². The van der Waals surface area contributed by atoms with Crippen LogP contribution in [-0.4, -0.2) is 29.5 Å². The highest BCUT2D eigenvalue weighted by Crippen LogP contribution is 2.18. The highest BCUT2D eigenvalue weighted by Gasteiger charge is 2.27. The molecule has 0 aromatic carbocycles. The van der Waals surface area contributed by atoms with E-state index in [0.717, 1.165) is 6.42 Å². The molecule has 0 heterocycles. The Morgan fingerprint density at radius 2 is 1.76 bits per heavy atom. The number of rotatable bonds is 3. The standard InChI is InChI=1S/C13H26N2O2/c1-8-17-11(16)15(13(5,6)7)14-10-9-12(2,3)4/h10H,8-9H2,1-7H3. The third-order valence-corrected chi connectivity index (χ3v) is 1.98. The van der Waals surface area contributed by atoms with Crippen LogP contribution in [0.25, 0.3) is 0 Å². The van der Waals surface area contributed by atoms with E-state index in [-0.39, 0.29) is 11.0 Å². The molecule has 0 fully saturated rings. The van der Waals surface area contributed by atoms with Gasteiger partial charge in [-0.15, -0.1) is 0 Å². The van der Waals surface area contributed by atoms with Crippen molar-refractivity contribution in [3.63, 3.8) is 0 Å². The van der Waals surface area contributed by atoms with E-state index < -0.39 is 6.09 Å². The van der Waals surface area contributed by atoms with Gasteiger partial charge in [0.1, 0.15) is 0 Å². The Bertz CT molecular complexity index is 272. The summed E-state index contributed by atoms with van der Waals surface area (Å²) in [5.41, 5.74) is -0.206. The number of hydrogen-bond acceptors (Lipinski definition) is 3. The first-order chi connectivity index (χ1) is 7.58. The number of nitrogens with zero attached hydrogens (tertiary/aromatic N) is 2. The minimum Gasteiger partial charge on any atom is -0.448 e. The Morgan fingerprint density at radius 3 is 2.12 bits per heavy atom. The van der Waals surface area contributed by atoms with E-state index in [4.69, 9.17) is 4.74 Å². The van der Waals surface area contributed by atoms with Crippen LogP contribution < -0.4 is 0 Å². The molecule has 0 unspecified atom stereocenters. The van der Waals surface area contributed by atoms with Crippen molar-refractivity contribution in [2.75, 3.05) is 6.61 Å². The second-order valence-corrected chi connectivity index (χ2v) is 6.24. The fraction of sp³-hybridized carbons (Fsp3) is 0.846. The van der Waals surface area contributed by atoms with Gasteiger partial charge < -0.3 is 4.74 Å². The number of hydrogen-bond donors (Lipinski definition) is 0. The molecule has 17 heavy (non-hydrogen) atoms. The Kier molecular flexibility index (Phi) is 5.66. The number of amides is 1. The van der Waals surface area contributed by atoms with Gasteiger partial charge in [0.15, 0.2) is 0 Å². The predicted molar refractivity (Wildman–Crippen MR) is 71.2 cm³/mol. The second kappa shape index (κ2) is 6.03. The van der Waals surface area contributed by atoms with Crippen LogP contribution in [0.2, 0.25) is 0 Å². The van der Waals surface area contributed by atoms with Gasteiger partial charge in [-0.1, -0.05) is 20.8 Å². The largest absolute Gasteiger partial charge is 0.448 e. The average Bonchev–Trinajstić information content (AvgIpc) is 2.08. The van der Waals surface area contributed by atoms with E-state index in [2.05, 4.69) is 25.9 Å². The van der Waals surface area contributed by atoms with Gasteiger partial charge in [-0.25, -0.2) is 4.79 Å². The Labute approximate surface area is 105 Å². The van der Waals surface area contributed by atoms with Crippen LogP contribution in [0.15, 0.2) is 5.10 Å². The quantitative estimate of drug-likeness (QED) is 0.560. The van der Waals surface area contributed by atoms with E-state index in [0.29, 0.717) is 6.61 Å². The summed E-state index contributed by atoms with van der Waals surface area (Å²) in [4.78, 5) is 11.7. The van der Waals surface area contributed by atoms with Crippen molar-refractivity contribution in [1.82, 2.24) is 5.01 Å². The fourth-order valence-corrected chi connectivity index (χ4v) is 1.08. The molecular weight excluding hydrogens is 216 g/mol. The lowest BCUT2D eigenvalue weighted by atomic mass is 9.93. The Morgan fingerprint density at radius 1 is 1.24 bits per heavy atom. The smallest absolute Gasteiger partial charge is 0.430 e. The van der Waals surface area contributed by atoms with Crippen molar-refractivity contribution in [3.05, 3.63) is 0 Å². The summed E-state index contributed by atoms with van der Waals surface area (Å²) < 4.78 is 4.99. The van der Waals surface area contributed by atoms with Crippen molar-refractivity contribution in [3.8, 4) is 0 Å². The maximum atomic E-state index is 11.7. The lowest BCUT2D eigenvalue weighted by Crippen LogP contribution is -2.42. The molecule has 4 heteroatoms. The minimum atomic E-state index is -0.398. The molecule has 0 aromatic rings. The summed E-state index contributed by atoms with van der Waals surface area (Å²) in [5.74, 6) is 0. The molecule has 0 N–H and O–H groups in total. The van der Waals surface area contributed by atoms with Crippen LogP contribution in [0.1, 0.15) is 54.9 Å². The average molecular weight is 242 g/mol. The van der Waals surface area contributed by atoms with Gasteiger partial charge in [0, 0.05) is 6.21 Å². The monoisotopic (exact) mass is 242 g/mol. The van der Waals surface area contributed by atoms with E-state index in [9.17, 15) is 4.79 Å². The fourth-order valence-electron chi connectivity index (χ4n) is 1.08. The van der Waals surface area contributed by atoms with Crippen LogP contribution in [0, 0.1) is 5.41 Å². The van der Waals surface area contributed by atoms with Crippen LogP contribution in [0.5, 0.6) is 0 Å². The van der Waals surface area contributed by atoms with Crippen LogP contribution in [0.3, 0.4) is 0 Å². The van der Waals surface area contributed by atoms with Crippen LogP contribution in [-0.2, 0) is 4.74 Å². The molecule has 0 aliphatic heterocycles. The van der Waals surface area contributed by atoms with Crippen LogP contribution in [0.4, 0.5) is 4.79 Å². The SMILES string of the molecule is CCOC(=O)N(N=CCC(C)(C)C)C(C)(C)C. The first-order valence-corrected chi connectivity index (χ1v) is 6.07. The lowest BCUT2D eigenvalue weighted by Gasteiger charge is -2.30. The molecule has 100 valence electrons. The molecule has 0 bridgehead atoms. The molecule has 1 amide bonds. The predicted octanol–water partition coefficient (Wildman–Crippen LogP) is 3.67. The zero-order chi connectivity index (χ0) is 13.7. The lowest BCUT2D eigenvalue weighted by molar-refractivity contribution is 0.0731. The number of ether oxygens (including phenoxy) is 1. The van der Waals surface area contributed by atoms with E-state index in [1.54, 1.807) is 13.1 Å². The highest BCUT2D eigenvalue weighted by atomic mass is 16.6. The van der Waals surface area contributed by atoms with Gasteiger partial charge in [-0.05, 0) is 39.5 Å². The molecule has 0 atom stereocenters.